The summed E-state index contributed by atoms with van der Waals surface area (Å²) >= 11 is 0. The monoisotopic (exact) mass is 463 g/mol. The van der Waals surface area contributed by atoms with Crippen molar-refractivity contribution >= 4 is 11.9 Å². The van der Waals surface area contributed by atoms with E-state index in [0.29, 0.717) is 43.1 Å². The van der Waals surface area contributed by atoms with Gasteiger partial charge in [-0.3, -0.25) is 14.5 Å². The minimum atomic E-state index is -0.955. The van der Waals surface area contributed by atoms with Gasteiger partial charge < -0.3 is 19.2 Å². The molecule has 7 nitrogen and oxygen atoms in total. The Morgan fingerprint density at radius 1 is 1.15 bits per heavy atom. The molecule has 34 heavy (non-hydrogen) atoms. The highest BCUT2D eigenvalue weighted by atomic mass is 16.5. The van der Waals surface area contributed by atoms with E-state index in [9.17, 15) is 9.59 Å². The fourth-order valence-corrected chi connectivity index (χ4v) is 3.87. The van der Waals surface area contributed by atoms with E-state index in [2.05, 4.69) is 0 Å². The third kappa shape index (κ3) is 5.48. The Morgan fingerprint density at radius 2 is 1.88 bits per heavy atom. The van der Waals surface area contributed by atoms with Crippen LogP contribution in [0.2, 0.25) is 0 Å². The Morgan fingerprint density at radius 3 is 2.53 bits per heavy atom. The first-order valence-electron chi connectivity index (χ1n) is 12.0. The van der Waals surface area contributed by atoms with Crippen LogP contribution < -0.4 is 4.74 Å². The van der Waals surface area contributed by atoms with Gasteiger partial charge in [-0.1, -0.05) is 30.3 Å². The molecule has 2 aromatic carbocycles. The standard InChI is InChI=1S/C27H30N2O5/c1-19(2)29(26(30)21-11-9-20(10-12-21)24-8-5-14-33-24)18-22-6-3-4-7-25(22)34-15-13-28-16-23(17-28)27(31)32/h3-12,14,19,23H,13,15-18H2,1-2H3,(H,31,32)/i18D. The number of likely N-dealkylation sites (tertiary alicyclic amines) is 1. The van der Waals surface area contributed by atoms with E-state index >= 15 is 0 Å². The highest BCUT2D eigenvalue weighted by Crippen LogP contribution is 2.24. The molecule has 178 valence electrons. The molecule has 0 aliphatic carbocycles. The summed E-state index contributed by atoms with van der Waals surface area (Å²) in [5.41, 5.74) is 1.98. The van der Waals surface area contributed by atoms with Crippen molar-refractivity contribution in [3.05, 3.63) is 78.1 Å². The van der Waals surface area contributed by atoms with Crippen molar-refractivity contribution in [2.24, 2.45) is 5.92 Å². The summed E-state index contributed by atoms with van der Waals surface area (Å²) in [5.74, 6) is -0.0290. The van der Waals surface area contributed by atoms with Gasteiger partial charge in [0.05, 0.1) is 13.6 Å². The van der Waals surface area contributed by atoms with Gasteiger partial charge >= 0.3 is 5.97 Å². The molecule has 4 rings (SSSR count). The summed E-state index contributed by atoms with van der Waals surface area (Å²) in [7, 11) is 0. The lowest BCUT2D eigenvalue weighted by Gasteiger charge is -2.36. The molecule has 3 aromatic rings. The highest BCUT2D eigenvalue weighted by molar-refractivity contribution is 5.94. The molecular formula is C27H30N2O5. The molecule has 1 atom stereocenters. The van der Waals surface area contributed by atoms with Gasteiger partial charge in [-0.25, -0.2) is 0 Å². The Hall–Kier alpha value is -3.58. The largest absolute Gasteiger partial charge is 0.492 e. The average Bonchev–Trinajstić information content (AvgIpc) is 3.35. The normalized spacial score (nSPS) is 15.4. The molecule has 0 bridgehead atoms. The number of hydrogen-bond acceptors (Lipinski definition) is 5. The van der Waals surface area contributed by atoms with Crippen molar-refractivity contribution in [3.63, 3.8) is 0 Å². The van der Waals surface area contributed by atoms with E-state index in [1.807, 2.05) is 55.1 Å². The van der Waals surface area contributed by atoms with E-state index < -0.39 is 12.5 Å². The Kier molecular flexibility index (Phi) is 6.91. The number of carbonyl (C=O) groups excluding carboxylic acids is 1. The van der Waals surface area contributed by atoms with E-state index in [1.54, 1.807) is 30.5 Å². The summed E-state index contributed by atoms with van der Waals surface area (Å²) in [6, 6.07) is 17.9. The van der Waals surface area contributed by atoms with Gasteiger partial charge in [-0.05, 0) is 44.2 Å². The summed E-state index contributed by atoms with van der Waals surface area (Å²) in [6.45, 7) is 4.86. The van der Waals surface area contributed by atoms with Gasteiger partial charge in [0, 0.05) is 48.9 Å². The third-order valence-electron chi connectivity index (χ3n) is 5.90. The lowest BCUT2D eigenvalue weighted by atomic mass is 10.0. The van der Waals surface area contributed by atoms with E-state index in [0.717, 1.165) is 11.3 Å². The molecule has 1 amide bonds. The Bertz CT molecular complexity index is 1140. The first-order valence-corrected chi connectivity index (χ1v) is 11.4. The second-order valence-electron chi connectivity index (χ2n) is 8.67. The van der Waals surface area contributed by atoms with Gasteiger partial charge in [-0.15, -0.1) is 0 Å². The molecule has 1 unspecified atom stereocenters. The van der Waals surface area contributed by atoms with Gasteiger partial charge in [0.25, 0.3) is 5.91 Å². The van der Waals surface area contributed by atoms with Crippen LogP contribution in [0, 0.1) is 5.92 Å². The van der Waals surface area contributed by atoms with Gasteiger partial charge in [-0.2, -0.15) is 0 Å². The fourth-order valence-electron chi connectivity index (χ4n) is 3.87. The smallest absolute Gasteiger partial charge is 0.309 e. The molecule has 2 heterocycles. The molecule has 1 aromatic heterocycles. The zero-order valence-corrected chi connectivity index (χ0v) is 19.4. The molecule has 0 spiro atoms. The molecule has 1 fully saturated rings. The van der Waals surface area contributed by atoms with Crippen molar-refractivity contribution in [3.8, 4) is 17.1 Å². The molecule has 1 saturated heterocycles. The van der Waals surface area contributed by atoms with E-state index in [-0.39, 0.29) is 17.9 Å². The number of nitrogens with zero attached hydrogens (tertiary/aromatic N) is 2. The van der Waals surface area contributed by atoms with Crippen LogP contribution in [0.25, 0.3) is 11.3 Å². The first kappa shape index (κ1) is 22.2. The van der Waals surface area contributed by atoms with Crippen LogP contribution in [0.3, 0.4) is 0 Å². The van der Waals surface area contributed by atoms with Crippen molar-refractivity contribution in [1.29, 1.82) is 0 Å². The number of rotatable bonds is 10. The average molecular weight is 464 g/mol. The number of furan rings is 1. The predicted octanol–water partition coefficient (Wildman–Crippen LogP) is 4.39. The van der Waals surface area contributed by atoms with Gasteiger partial charge in [0.1, 0.15) is 18.1 Å². The minimum Gasteiger partial charge on any atom is -0.492 e. The SMILES string of the molecule is [2H]C(c1ccccc1OCCN1CC(C(=O)O)C1)N(C(=O)c1ccc(-c2ccco2)cc1)C(C)C. The Labute approximate surface area is 201 Å². The van der Waals surface area contributed by atoms with Crippen LogP contribution in [-0.2, 0) is 11.3 Å². The minimum absolute atomic E-state index is 0.211. The van der Waals surface area contributed by atoms with Crippen LogP contribution in [0.15, 0.2) is 71.3 Å². The fraction of sp³-hybridized carbons (Fsp3) is 0.333. The molecule has 1 aliphatic rings. The molecule has 0 radical (unpaired) electrons. The molecule has 0 saturated carbocycles. The first-order chi connectivity index (χ1) is 16.8. The summed E-state index contributed by atoms with van der Waals surface area (Å²) in [6.07, 6.45) is 1.61. The number of para-hydroxylation sites is 1. The second kappa shape index (κ2) is 10.6. The van der Waals surface area contributed by atoms with Crippen LogP contribution >= 0.6 is 0 Å². The number of amides is 1. The topological polar surface area (TPSA) is 83.2 Å². The third-order valence-corrected chi connectivity index (χ3v) is 5.90. The van der Waals surface area contributed by atoms with Crippen molar-refractivity contribution in [1.82, 2.24) is 9.80 Å². The quantitative estimate of drug-likeness (QED) is 0.480. The van der Waals surface area contributed by atoms with Crippen molar-refractivity contribution in [2.45, 2.75) is 26.4 Å². The number of benzene rings is 2. The maximum atomic E-state index is 13.4. The zero-order valence-electron chi connectivity index (χ0n) is 20.4. The number of carboxylic acids is 1. The number of carboxylic acid groups (broad SMARTS) is 1. The van der Waals surface area contributed by atoms with Crippen molar-refractivity contribution in [2.75, 3.05) is 26.2 Å². The second-order valence-corrected chi connectivity index (χ2v) is 8.67. The number of hydrogen-bond donors (Lipinski definition) is 1. The maximum Gasteiger partial charge on any atom is 0.309 e. The van der Waals surface area contributed by atoms with Crippen LogP contribution in [0.4, 0.5) is 0 Å². The lowest BCUT2D eigenvalue weighted by Crippen LogP contribution is -2.51. The molecule has 1 aliphatic heterocycles. The van der Waals surface area contributed by atoms with Crippen LogP contribution in [0.5, 0.6) is 5.75 Å². The predicted molar refractivity (Wildman–Crippen MR) is 129 cm³/mol. The summed E-state index contributed by atoms with van der Waals surface area (Å²) < 4.78 is 20.3. The zero-order chi connectivity index (χ0) is 24.9. The van der Waals surface area contributed by atoms with Gasteiger partial charge in [0.2, 0.25) is 0 Å². The Balaban J connectivity index is 1.45. The maximum absolute atomic E-state index is 13.4. The summed E-state index contributed by atoms with van der Waals surface area (Å²) in [4.78, 5) is 28.0. The molecule has 7 heteroatoms. The number of carbonyl (C=O) groups is 2. The van der Waals surface area contributed by atoms with Crippen LogP contribution in [-0.4, -0.2) is 59.1 Å². The lowest BCUT2D eigenvalue weighted by molar-refractivity contribution is -0.147. The van der Waals surface area contributed by atoms with E-state index in [4.69, 9.17) is 15.6 Å². The number of ether oxygens (including phenoxy) is 1. The number of aliphatic carboxylic acids is 1. The van der Waals surface area contributed by atoms with Crippen LogP contribution in [0.1, 0.15) is 31.1 Å². The van der Waals surface area contributed by atoms with Crippen molar-refractivity contribution < 1.29 is 25.2 Å². The van der Waals surface area contributed by atoms with Gasteiger partial charge in [0.15, 0.2) is 0 Å². The summed E-state index contributed by atoms with van der Waals surface area (Å²) in [5, 5.41) is 9.02. The molecular weight excluding hydrogens is 432 g/mol. The molecule has 1 N–H and O–H groups in total. The van der Waals surface area contributed by atoms with E-state index in [1.165, 1.54) is 4.90 Å². The highest BCUT2D eigenvalue weighted by Gasteiger charge is 2.32.